The first-order valence-corrected chi connectivity index (χ1v) is 8.15. The van der Waals surface area contributed by atoms with Gasteiger partial charge in [0.25, 0.3) is 0 Å². The Morgan fingerprint density at radius 3 is 2.60 bits per heavy atom. The van der Waals surface area contributed by atoms with Gasteiger partial charge in [0.2, 0.25) is 0 Å². The molecular formula is C15H22N4S. The zero-order valence-corrected chi connectivity index (χ0v) is 12.5. The summed E-state index contributed by atoms with van der Waals surface area (Å²) < 4.78 is 0. The Hall–Kier alpha value is -1.01. The number of piperazine rings is 1. The van der Waals surface area contributed by atoms with Gasteiger partial charge in [0, 0.05) is 45.0 Å². The molecule has 1 aromatic rings. The van der Waals surface area contributed by atoms with E-state index in [1.807, 2.05) is 11.8 Å². The maximum atomic E-state index is 5.62. The van der Waals surface area contributed by atoms with E-state index in [0.29, 0.717) is 5.50 Å². The smallest absolute Gasteiger partial charge is 0.132 e. The average molecular weight is 290 g/mol. The molecule has 1 unspecified atom stereocenters. The van der Waals surface area contributed by atoms with Gasteiger partial charge in [-0.25, -0.2) is 0 Å². The predicted molar refractivity (Wildman–Crippen MR) is 86.0 cm³/mol. The Morgan fingerprint density at radius 1 is 1.15 bits per heavy atom. The van der Waals surface area contributed by atoms with E-state index in [1.165, 1.54) is 11.3 Å². The Kier molecular flexibility index (Phi) is 4.62. The van der Waals surface area contributed by atoms with Gasteiger partial charge in [-0.2, -0.15) is 0 Å². The van der Waals surface area contributed by atoms with Crippen molar-refractivity contribution in [3.8, 4) is 0 Å². The molecule has 0 radical (unpaired) electrons. The van der Waals surface area contributed by atoms with Crippen LogP contribution in [-0.2, 0) is 0 Å². The monoisotopic (exact) mass is 290 g/mol. The minimum Gasteiger partial charge on any atom is -0.360 e. The normalized spacial score (nSPS) is 24.4. The molecule has 0 bridgehead atoms. The summed E-state index contributed by atoms with van der Waals surface area (Å²) in [5.74, 6) is 0. The Balaban J connectivity index is 1.52. The SMILES string of the molecule is NCCN1CCN(C2NC(c3ccccc3)=CS2)CC1. The lowest BCUT2D eigenvalue weighted by Gasteiger charge is -2.37. The van der Waals surface area contributed by atoms with E-state index < -0.39 is 0 Å². The molecule has 0 saturated carbocycles. The quantitative estimate of drug-likeness (QED) is 0.872. The number of hydrogen-bond donors (Lipinski definition) is 2. The molecule has 108 valence electrons. The van der Waals surface area contributed by atoms with Gasteiger partial charge < -0.3 is 11.1 Å². The minimum absolute atomic E-state index is 0.380. The molecule has 4 nitrogen and oxygen atoms in total. The van der Waals surface area contributed by atoms with E-state index in [1.54, 1.807) is 0 Å². The average Bonchev–Trinajstić information content (AvgIpc) is 2.99. The molecule has 0 aliphatic carbocycles. The molecule has 0 spiro atoms. The lowest BCUT2D eigenvalue weighted by molar-refractivity contribution is 0.122. The van der Waals surface area contributed by atoms with Crippen molar-refractivity contribution < 1.29 is 0 Å². The van der Waals surface area contributed by atoms with Gasteiger partial charge in [-0.15, -0.1) is 0 Å². The molecule has 1 saturated heterocycles. The number of rotatable bonds is 4. The van der Waals surface area contributed by atoms with Gasteiger partial charge in [-0.05, 0) is 11.0 Å². The number of nitrogens with two attached hydrogens (primary N) is 1. The highest BCUT2D eigenvalue weighted by atomic mass is 32.2. The third kappa shape index (κ3) is 3.17. The van der Waals surface area contributed by atoms with E-state index in [9.17, 15) is 0 Å². The number of nitrogens with one attached hydrogen (secondary N) is 1. The van der Waals surface area contributed by atoms with Crippen LogP contribution in [0.5, 0.6) is 0 Å². The van der Waals surface area contributed by atoms with Crippen molar-refractivity contribution in [3.63, 3.8) is 0 Å². The zero-order valence-electron chi connectivity index (χ0n) is 11.7. The van der Waals surface area contributed by atoms with E-state index in [0.717, 1.165) is 39.3 Å². The van der Waals surface area contributed by atoms with E-state index in [2.05, 4.69) is 50.9 Å². The van der Waals surface area contributed by atoms with Gasteiger partial charge in [0.1, 0.15) is 5.50 Å². The second-order valence-electron chi connectivity index (χ2n) is 5.20. The van der Waals surface area contributed by atoms with E-state index >= 15 is 0 Å². The summed E-state index contributed by atoms with van der Waals surface area (Å²) in [5.41, 5.74) is 8.51. The van der Waals surface area contributed by atoms with Crippen molar-refractivity contribution >= 4 is 17.5 Å². The van der Waals surface area contributed by atoms with Crippen molar-refractivity contribution in [2.24, 2.45) is 5.73 Å². The summed E-state index contributed by atoms with van der Waals surface area (Å²) in [6.45, 7) is 6.25. The fourth-order valence-electron chi connectivity index (χ4n) is 2.68. The predicted octanol–water partition coefficient (Wildman–Crippen LogP) is 1.18. The summed E-state index contributed by atoms with van der Waals surface area (Å²) in [4.78, 5) is 4.96. The topological polar surface area (TPSA) is 44.5 Å². The van der Waals surface area contributed by atoms with Crippen LogP contribution in [-0.4, -0.2) is 54.6 Å². The first-order chi connectivity index (χ1) is 9.86. The fourth-order valence-corrected chi connectivity index (χ4v) is 3.73. The van der Waals surface area contributed by atoms with Crippen LogP contribution in [0.1, 0.15) is 5.56 Å². The number of nitrogens with zero attached hydrogens (tertiary/aromatic N) is 2. The van der Waals surface area contributed by atoms with Gasteiger partial charge in [-0.3, -0.25) is 9.80 Å². The lowest BCUT2D eigenvalue weighted by Crippen LogP contribution is -2.52. The van der Waals surface area contributed by atoms with Gasteiger partial charge in [0.05, 0.1) is 0 Å². The number of hydrogen-bond acceptors (Lipinski definition) is 5. The summed E-state index contributed by atoms with van der Waals surface area (Å²) in [5, 5.41) is 5.87. The molecule has 20 heavy (non-hydrogen) atoms. The maximum absolute atomic E-state index is 5.62. The van der Waals surface area contributed by atoms with Crippen LogP contribution in [0.25, 0.3) is 5.70 Å². The molecule has 2 aliphatic heterocycles. The zero-order chi connectivity index (χ0) is 13.8. The Bertz CT molecular complexity index is 454. The van der Waals surface area contributed by atoms with Crippen LogP contribution in [0.4, 0.5) is 0 Å². The molecule has 0 amide bonds. The highest BCUT2D eigenvalue weighted by molar-refractivity contribution is 8.03. The number of benzene rings is 1. The highest BCUT2D eigenvalue weighted by Crippen LogP contribution is 2.29. The highest BCUT2D eigenvalue weighted by Gasteiger charge is 2.27. The van der Waals surface area contributed by atoms with Crippen LogP contribution in [0.3, 0.4) is 0 Å². The molecule has 2 aliphatic rings. The van der Waals surface area contributed by atoms with Crippen LogP contribution >= 0.6 is 11.8 Å². The van der Waals surface area contributed by atoms with Crippen molar-refractivity contribution in [1.29, 1.82) is 0 Å². The first-order valence-electron chi connectivity index (χ1n) is 7.21. The van der Waals surface area contributed by atoms with Crippen molar-refractivity contribution in [2.45, 2.75) is 5.50 Å². The maximum Gasteiger partial charge on any atom is 0.132 e. The molecular weight excluding hydrogens is 268 g/mol. The van der Waals surface area contributed by atoms with E-state index in [-0.39, 0.29) is 0 Å². The van der Waals surface area contributed by atoms with Crippen LogP contribution in [0.15, 0.2) is 35.7 Å². The summed E-state index contributed by atoms with van der Waals surface area (Å²) >= 11 is 1.88. The summed E-state index contributed by atoms with van der Waals surface area (Å²) in [6, 6.07) is 10.5. The van der Waals surface area contributed by atoms with Crippen LogP contribution < -0.4 is 11.1 Å². The standard InChI is InChI=1S/C15H22N4S/c16-6-7-18-8-10-19(11-9-18)15-17-14(12-20-15)13-4-2-1-3-5-13/h1-5,12,15,17H,6-11,16H2. The summed E-state index contributed by atoms with van der Waals surface area (Å²) in [6.07, 6.45) is 0. The van der Waals surface area contributed by atoms with Crippen molar-refractivity contribution in [3.05, 3.63) is 41.3 Å². The number of thioether (sulfide) groups is 1. The Morgan fingerprint density at radius 2 is 1.90 bits per heavy atom. The van der Waals surface area contributed by atoms with Crippen molar-refractivity contribution in [1.82, 2.24) is 15.1 Å². The second kappa shape index (κ2) is 6.63. The largest absolute Gasteiger partial charge is 0.360 e. The van der Waals surface area contributed by atoms with Gasteiger partial charge in [0.15, 0.2) is 0 Å². The van der Waals surface area contributed by atoms with Gasteiger partial charge >= 0.3 is 0 Å². The third-order valence-corrected chi connectivity index (χ3v) is 4.91. The fraction of sp³-hybridized carbons (Fsp3) is 0.467. The molecule has 1 atom stereocenters. The molecule has 3 rings (SSSR count). The second-order valence-corrected chi connectivity index (χ2v) is 6.15. The molecule has 1 aromatic carbocycles. The van der Waals surface area contributed by atoms with Crippen LogP contribution in [0, 0.1) is 0 Å². The van der Waals surface area contributed by atoms with Gasteiger partial charge in [-0.1, -0.05) is 42.1 Å². The summed E-state index contributed by atoms with van der Waals surface area (Å²) in [7, 11) is 0. The molecule has 3 N–H and O–H groups in total. The van der Waals surface area contributed by atoms with E-state index in [4.69, 9.17) is 5.73 Å². The van der Waals surface area contributed by atoms with Crippen molar-refractivity contribution in [2.75, 3.05) is 39.3 Å². The lowest BCUT2D eigenvalue weighted by atomic mass is 10.2. The molecule has 5 heteroatoms. The molecule has 0 aromatic heterocycles. The minimum atomic E-state index is 0.380. The molecule has 2 heterocycles. The molecule has 1 fully saturated rings. The Labute approximate surface area is 125 Å². The van der Waals surface area contributed by atoms with Crippen LogP contribution in [0.2, 0.25) is 0 Å². The third-order valence-electron chi connectivity index (χ3n) is 3.86. The first kappa shape index (κ1) is 13.9.